The van der Waals surface area contributed by atoms with Crippen molar-refractivity contribution in [2.75, 3.05) is 5.73 Å². The number of hydrogen-bond donors (Lipinski definition) is 1. The molecule has 0 atom stereocenters. The molecular formula is C6H3Cl2F2N. The van der Waals surface area contributed by atoms with E-state index in [0.29, 0.717) is 0 Å². The molecule has 0 fully saturated rings. The smallest absolute Gasteiger partial charge is 0.167 e. The molecule has 0 saturated carbocycles. The molecule has 0 aromatic heterocycles. The fourth-order valence-corrected chi connectivity index (χ4v) is 1.07. The summed E-state index contributed by atoms with van der Waals surface area (Å²) >= 11 is 10.6. The largest absolute Gasteiger partial charge is 0.394 e. The Balaban J connectivity index is 3.46. The Kier molecular flexibility index (Phi) is 2.20. The summed E-state index contributed by atoms with van der Waals surface area (Å²) in [5, 5.41) is -0.567. The molecule has 0 heterocycles. The number of benzene rings is 1. The highest BCUT2D eigenvalue weighted by Gasteiger charge is 2.12. The molecule has 0 radical (unpaired) electrons. The van der Waals surface area contributed by atoms with Gasteiger partial charge in [0.05, 0.1) is 10.0 Å². The van der Waals surface area contributed by atoms with E-state index in [1.807, 2.05) is 0 Å². The number of rotatable bonds is 0. The van der Waals surface area contributed by atoms with Crippen LogP contribution in [0.5, 0.6) is 0 Å². The van der Waals surface area contributed by atoms with Gasteiger partial charge >= 0.3 is 0 Å². The minimum absolute atomic E-state index is 0.283. The third-order valence-electron chi connectivity index (χ3n) is 1.15. The minimum Gasteiger partial charge on any atom is -0.394 e. The number of halogens is 4. The highest BCUT2D eigenvalue weighted by molar-refractivity contribution is 6.35. The molecule has 2 N–H and O–H groups in total. The van der Waals surface area contributed by atoms with Crippen LogP contribution in [0.2, 0.25) is 10.0 Å². The van der Waals surface area contributed by atoms with Crippen LogP contribution >= 0.6 is 23.2 Å². The first-order valence-corrected chi connectivity index (χ1v) is 3.38. The lowest BCUT2D eigenvalue weighted by Crippen LogP contribution is -1.96. The van der Waals surface area contributed by atoms with Gasteiger partial charge in [0.15, 0.2) is 11.6 Å². The van der Waals surface area contributed by atoms with Crippen molar-refractivity contribution < 1.29 is 8.78 Å². The Morgan fingerprint density at radius 1 is 1.09 bits per heavy atom. The van der Waals surface area contributed by atoms with Crippen LogP contribution in [0.15, 0.2) is 6.07 Å². The van der Waals surface area contributed by atoms with Crippen molar-refractivity contribution in [2.45, 2.75) is 0 Å². The Hall–Kier alpha value is -0.540. The van der Waals surface area contributed by atoms with Crippen LogP contribution in [0.3, 0.4) is 0 Å². The lowest BCUT2D eigenvalue weighted by molar-refractivity contribution is 0.592. The molecule has 1 nitrogen and oxygen atoms in total. The summed E-state index contributed by atoms with van der Waals surface area (Å²) in [7, 11) is 0. The van der Waals surface area contributed by atoms with Gasteiger partial charge in [0.25, 0.3) is 0 Å². The van der Waals surface area contributed by atoms with Crippen LogP contribution in [0.25, 0.3) is 0 Å². The Morgan fingerprint density at radius 3 is 1.82 bits per heavy atom. The lowest BCUT2D eigenvalue weighted by atomic mass is 10.3. The van der Waals surface area contributed by atoms with Gasteiger partial charge in [-0.2, -0.15) is 0 Å². The lowest BCUT2D eigenvalue weighted by Gasteiger charge is -2.01. The second-order valence-corrected chi connectivity index (χ2v) is 2.70. The van der Waals surface area contributed by atoms with Crippen molar-refractivity contribution in [3.8, 4) is 0 Å². The molecule has 0 unspecified atom stereocenters. The van der Waals surface area contributed by atoms with Gasteiger partial charge in [-0.25, -0.2) is 8.78 Å². The summed E-state index contributed by atoms with van der Waals surface area (Å²) in [6.45, 7) is 0. The van der Waals surface area contributed by atoms with E-state index in [1.165, 1.54) is 0 Å². The first kappa shape index (κ1) is 8.56. The van der Waals surface area contributed by atoms with Crippen molar-refractivity contribution in [2.24, 2.45) is 0 Å². The number of nitrogens with two attached hydrogens (primary N) is 1. The summed E-state index contributed by atoms with van der Waals surface area (Å²) in [6.07, 6.45) is 0. The summed E-state index contributed by atoms with van der Waals surface area (Å²) in [5.41, 5.74) is 4.31. The topological polar surface area (TPSA) is 26.0 Å². The van der Waals surface area contributed by atoms with Gasteiger partial charge in [-0.3, -0.25) is 0 Å². The van der Waals surface area contributed by atoms with Gasteiger partial charge in [-0.15, -0.1) is 0 Å². The van der Waals surface area contributed by atoms with Crippen LogP contribution in [0.4, 0.5) is 14.5 Å². The summed E-state index contributed by atoms with van der Waals surface area (Å²) in [4.78, 5) is 0. The van der Waals surface area contributed by atoms with Crippen molar-refractivity contribution in [1.82, 2.24) is 0 Å². The van der Waals surface area contributed by atoms with Gasteiger partial charge in [0.2, 0.25) is 0 Å². The molecular weight excluding hydrogens is 195 g/mol. The predicted molar refractivity (Wildman–Crippen MR) is 40.8 cm³/mol. The Morgan fingerprint density at radius 2 is 1.45 bits per heavy atom. The van der Waals surface area contributed by atoms with Gasteiger partial charge in [0, 0.05) is 0 Å². The van der Waals surface area contributed by atoms with Crippen molar-refractivity contribution in [1.29, 1.82) is 0 Å². The highest BCUT2D eigenvalue weighted by atomic mass is 35.5. The normalized spacial score (nSPS) is 10.2. The summed E-state index contributed by atoms with van der Waals surface area (Å²) in [5.74, 6) is -1.96. The van der Waals surface area contributed by atoms with E-state index in [9.17, 15) is 8.78 Å². The van der Waals surface area contributed by atoms with E-state index in [0.717, 1.165) is 6.07 Å². The fraction of sp³-hybridized carbons (Fsp3) is 0. The van der Waals surface area contributed by atoms with Gasteiger partial charge in [-0.1, -0.05) is 23.2 Å². The van der Waals surface area contributed by atoms with E-state index in [4.69, 9.17) is 28.9 Å². The van der Waals surface area contributed by atoms with Crippen LogP contribution < -0.4 is 5.73 Å². The molecule has 1 rings (SSSR count). The first-order valence-electron chi connectivity index (χ1n) is 2.62. The molecule has 0 aliphatic heterocycles. The molecule has 60 valence electrons. The van der Waals surface area contributed by atoms with E-state index >= 15 is 0 Å². The maximum Gasteiger partial charge on any atom is 0.167 e. The van der Waals surface area contributed by atoms with E-state index < -0.39 is 17.3 Å². The molecule has 0 amide bonds. The maximum absolute atomic E-state index is 12.6. The quantitative estimate of drug-likeness (QED) is 0.503. The van der Waals surface area contributed by atoms with Gasteiger partial charge in [-0.05, 0) is 6.07 Å². The minimum atomic E-state index is -0.978. The van der Waals surface area contributed by atoms with Crippen molar-refractivity contribution in [3.63, 3.8) is 0 Å². The molecule has 1 aromatic rings. The molecule has 0 bridgehead atoms. The van der Waals surface area contributed by atoms with Crippen molar-refractivity contribution in [3.05, 3.63) is 27.7 Å². The molecule has 0 spiro atoms. The number of nitrogen functional groups attached to an aromatic ring is 1. The van der Waals surface area contributed by atoms with Crippen molar-refractivity contribution >= 4 is 28.9 Å². The zero-order valence-electron chi connectivity index (χ0n) is 5.17. The second kappa shape index (κ2) is 2.83. The molecule has 11 heavy (non-hydrogen) atoms. The van der Waals surface area contributed by atoms with Crippen LogP contribution in [-0.4, -0.2) is 0 Å². The Labute approximate surface area is 71.7 Å². The molecule has 5 heteroatoms. The van der Waals surface area contributed by atoms with Crippen LogP contribution in [0, 0.1) is 11.6 Å². The average molecular weight is 198 g/mol. The van der Waals surface area contributed by atoms with Gasteiger partial charge in [0.1, 0.15) is 5.69 Å². The second-order valence-electron chi connectivity index (χ2n) is 1.88. The summed E-state index contributed by atoms with van der Waals surface area (Å²) < 4.78 is 25.2. The first-order chi connectivity index (χ1) is 5.04. The zero-order chi connectivity index (χ0) is 8.59. The van der Waals surface area contributed by atoms with E-state index in [-0.39, 0.29) is 10.0 Å². The third kappa shape index (κ3) is 1.39. The SMILES string of the molecule is Nc1c(F)c(Cl)cc(Cl)c1F. The van der Waals surface area contributed by atoms with Gasteiger partial charge < -0.3 is 5.73 Å². The number of anilines is 1. The fourth-order valence-electron chi connectivity index (χ4n) is 0.592. The summed E-state index contributed by atoms with van der Waals surface area (Å²) in [6, 6.07) is 0.962. The van der Waals surface area contributed by atoms with E-state index in [1.54, 1.807) is 0 Å². The van der Waals surface area contributed by atoms with E-state index in [2.05, 4.69) is 0 Å². The Bertz CT molecular complexity index is 275. The average Bonchev–Trinajstić information content (AvgIpc) is 1.97. The number of hydrogen-bond acceptors (Lipinski definition) is 1. The van der Waals surface area contributed by atoms with Crippen LogP contribution in [-0.2, 0) is 0 Å². The van der Waals surface area contributed by atoms with Crippen LogP contribution in [0.1, 0.15) is 0 Å². The molecule has 1 aromatic carbocycles. The standard InChI is InChI=1S/C6H3Cl2F2N/c7-2-1-3(8)5(10)6(11)4(2)9/h1H,11H2. The zero-order valence-corrected chi connectivity index (χ0v) is 6.68. The molecule has 0 aliphatic rings. The third-order valence-corrected chi connectivity index (χ3v) is 1.70. The monoisotopic (exact) mass is 197 g/mol. The predicted octanol–water partition coefficient (Wildman–Crippen LogP) is 2.85. The molecule has 0 aliphatic carbocycles. The molecule has 0 saturated heterocycles. The highest BCUT2D eigenvalue weighted by Crippen LogP contribution is 2.29. The maximum atomic E-state index is 12.6.